The van der Waals surface area contributed by atoms with Gasteiger partial charge in [0, 0.05) is 6.20 Å². The monoisotopic (exact) mass is 317 g/mol. The molecule has 0 fully saturated rings. The van der Waals surface area contributed by atoms with Crippen molar-refractivity contribution >= 4 is 21.9 Å². The van der Waals surface area contributed by atoms with E-state index in [-0.39, 0.29) is 12.0 Å². The molecule has 0 aliphatic rings. The number of hydrogen-bond acceptors (Lipinski definition) is 4. The van der Waals surface area contributed by atoms with Crippen LogP contribution in [-0.4, -0.2) is 34.9 Å². The molecule has 0 aromatic carbocycles. The zero-order chi connectivity index (χ0) is 13.8. The Labute approximate surface area is 116 Å². The molecule has 6 heteroatoms. The fraction of sp³-hybridized carbons (Fsp3) is 0.667. The number of esters is 1. The minimum atomic E-state index is -0.693. The minimum absolute atomic E-state index is 0.0967. The Kier molecular flexibility index (Phi) is 5.34. The van der Waals surface area contributed by atoms with Crippen LogP contribution in [0.2, 0.25) is 0 Å². The van der Waals surface area contributed by atoms with E-state index >= 15 is 0 Å². The Morgan fingerprint density at radius 1 is 1.72 bits per heavy atom. The van der Waals surface area contributed by atoms with Crippen LogP contribution in [0.3, 0.4) is 0 Å². The standard InChI is InChI=1S/C12H20BrN3O2/c1-5-14-12(3,11(17)18-4)6-9(2)16-8-10(13)7-15-16/h7-9,14H,5-6H2,1-4H3. The molecule has 102 valence electrons. The second kappa shape index (κ2) is 6.33. The molecular weight excluding hydrogens is 298 g/mol. The second-order valence-electron chi connectivity index (χ2n) is 4.55. The number of aromatic nitrogens is 2. The molecule has 1 N–H and O–H groups in total. The molecule has 18 heavy (non-hydrogen) atoms. The molecule has 0 aliphatic heterocycles. The van der Waals surface area contributed by atoms with Crippen LogP contribution in [0.25, 0.3) is 0 Å². The van der Waals surface area contributed by atoms with Gasteiger partial charge in [-0.1, -0.05) is 6.92 Å². The van der Waals surface area contributed by atoms with Crippen molar-refractivity contribution in [3.05, 3.63) is 16.9 Å². The first kappa shape index (κ1) is 15.2. The van der Waals surface area contributed by atoms with Crippen molar-refractivity contribution in [1.82, 2.24) is 15.1 Å². The number of carbonyl (C=O) groups is 1. The topological polar surface area (TPSA) is 56.2 Å². The fourth-order valence-electron chi connectivity index (χ4n) is 2.08. The molecule has 0 spiro atoms. The quantitative estimate of drug-likeness (QED) is 0.817. The second-order valence-corrected chi connectivity index (χ2v) is 5.46. The highest BCUT2D eigenvalue weighted by Crippen LogP contribution is 2.23. The van der Waals surface area contributed by atoms with Gasteiger partial charge in [-0.15, -0.1) is 0 Å². The molecule has 0 radical (unpaired) electrons. The lowest BCUT2D eigenvalue weighted by molar-refractivity contribution is -0.148. The third-order valence-electron chi connectivity index (χ3n) is 2.93. The predicted molar refractivity (Wildman–Crippen MR) is 73.4 cm³/mol. The summed E-state index contributed by atoms with van der Waals surface area (Å²) in [4.78, 5) is 11.9. The Hall–Kier alpha value is -0.880. The maximum atomic E-state index is 11.9. The van der Waals surface area contributed by atoms with Crippen LogP contribution in [0.5, 0.6) is 0 Å². The summed E-state index contributed by atoms with van der Waals surface area (Å²) in [5.41, 5.74) is -0.693. The number of nitrogens with zero attached hydrogens (tertiary/aromatic N) is 2. The Bertz CT molecular complexity index is 408. The van der Waals surface area contributed by atoms with E-state index in [4.69, 9.17) is 4.74 Å². The summed E-state index contributed by atoms with van der Waals surface area (Å²) in [5, 5.41) is 7.42. The minimum Gasteiger partial charge on any atom is -0.468 e. The van der Waals surface area contributed by atoms with Crippen LogP contribution in [0.1, 0.15) is 33.2 Å². The highest BCUT2D eigenvalue weighted by Gasteiger charge is 2.35. The van der Waals surface area contributed by atoms with Gasteiger partial charge < -0.3 is 10.1 Å². The summed E-state index contributed by atoms with van der Waals surface area (Å²) < 4.78 is 7.63. The first-order valence-electron chi connectivity index (χ1n) is 5.96. The summed E-state index contributed by atoms with van der Waals surface area (Å²) >= 11 is 3.36. The van der Waals surface area contributed by atoms with Gasteiger partial charge in [0.1, 0.15) is 5.54 Å². The van der Waals surface area contributed by atoms with Crippen LogP contribution in [0.15, 0.2) is 16.9 Å². The fourth-order valence-corrected chi connectivity index (χ4v) is 2.38. The third-order valence-corrected chi connectivity index (χ3v) is 3.34. The molecule has 1 aromatic rings. The van der Waals surface area contributed by atoms with Crippen LogP contribution in [0, 0.1) is 0 Å². The highest BCUT2D eigenvalue weighted by atomic mass is 79.9. The number of ether oxygens (including phenoxy) is 1. The van der Waals surface area contributed by atoms with Gasteiger partial charge in [0.05, 0.1) is 23.8 Å². The van der Waals surface area contributed by atoms with Crippen molar-refractivity contribution in [2.75, 3.05) is 13.7 Å². The maximum absolute atomic E-state index is 11.9. The average molecular weight is 318 g/mol. The Morgan fingerprint density at radius 3 is 2.83 bits per heavy atom. The molecule has 1 rings (SSSR count). The summed E-state index contributed by atoms with van der Waals surface area (Å²) in [6.07, 6.45) is 4.25. The molecular formula is C12H20BrN3O2. The van der Waals surface area contributed by atoms with Gasteiger partial charge in [-0.3, -0.25) is 9.48 Å². The summed E-state index contributed by atoms with van der Waals surface area (Å²) in [6, 6.07) is 0.0967. The van der Waals surface area contributed by atoms with Gasteiger partial charge in [0.2, 0.25) is 0 Å². The van der Waals surface area contributed by atoms with E-state index in [0.717, 1.165) is 4.47 Å². The number of halogens is 1. The average Bonchev–Trinajstić information content (AvgIpc) is 2.75. The van der Waals surface area contributed by atoms with E-state index in [9.17, 15) is 4.79 Å². The van der Waals surface area contributed by atoms with E-state index in [2.05, 4.69) is 26.3 Å². The van der Waals surface area contributed by atoms with Crippen molar-refractivity contribution in [3.8, 4) is 0 Å². The SMILES string of the molecule is CCNC(C)(CC(C)n1cc(Br)cn1)C(=O)OC. The van der Waals surface area contributed by atoms with Crippen molar-refractivity contribution in [1.29, 1.82) is 0 Å². The molecule has 0 saturated carbocycles. The molecule has 2 atom stereocenters. The largest absolute Gasteiger partial charge is 0.468 e. The molecule has 2 unspecified atom stereocenters. The van der Waals surface area contributed by atoms with E-state index in [0.29, 0.717) is 13.0 Å². The number of nitrogens with one attached hydrogen (secondary N) is 1. The van der Waals surface area contributed by atoms with Gasteiger partial charge >= 0.3 is 5.97 Å². The van der Waals surface area contributed by atoms with Crippen molar-refractivity contribution < 1.29 is 9.53 Å². The molecule has 5 nitrogen and oxygen atoms in total. The molecule has 0 saturated heterocycles. The summed E-state index contributed by atoms with van der Waals surface area (Å²) in [5.74, 6) is -0.248. The molecule has 0 amide bonds. The van der Waals surface area contributed by atoms with E-state index in [1.165, 1.54) is 7.11 Å². The van der Waals surface area contributed by atoms with Crippen LogP contribution < -0.4 is 5.32 Å². The highest BCUT2D eigenvalue weighted by molar-refractivity contribution is 9.10. The first-order chi connectivity index (χ1) is 8.42. The molecule has 1 aromatic heterocycles. The zero-order valence-corrected chi connectivity index (χ0v) is 12.8. The van der Waals surface area contributed by atoms with Crippen molar-refractivity contribution in [2.24, 2.45) is 0 Å². The lowest BCUT2D eigenvalue weighted by Gasteiger charge is -2.30. The van der Waals surface area contributed by atoms with Crippen molar-refractivity contribution in [3.63, 3.8) is 0 Å². The van der Waals surface area contributed by atoms with Crippen LogP contribution >= 0.6 is 15.9 Å². The number of rotatable bonds is 6. The Morgan fingerprint density at radius 2 is 2.39 bits per heavy atom. The van der Waals surface area contributed by atoms with Gasteiger partial charge in [-0.05, 0) is 42.7 Å². The van der Waals surface area contributed by atoms with Gasteiger partial charge in [0.25, 0.3) is 0 Å². The van der Waals surface area contributed by atoms with Crippen LogP contribution in [0.4, 0.5) is 0 Å². The van der Waals surface area contributed by atoms with E-state index in [1.807, 2.05) is 31.6 Å². The number of hydrogen-bond donors (Lipinski definition) is 1. The van der Waals surface area contributed by atoms with Gasteiger partial charge in [-0.2, -0.15) is 5.10 Å². The van der Waals surface area contributed by atoms with E-state index in [1.54, 1.807) is 6.20 Å². The Balaban J connectivity index is 2.80. The van der Waals surface area contributed by atoms with Gasteiger partial charge in [0.15, 0.2) is 0 Å². The zero-order valence-electron chi connectivity index (χ0n) is 11.2. The van der Waals surface area contributed by atoms with Crippen LogP contribution in [-0.2, 0) is 9.53 Å². The molecule has 1 heterocycles. The predicted octanol–water partition coefficient (Wildman–Crippen LogP) is 2.14. The number of carbonyl (C=O) groups excluding carboxylic acids is 1. The molecule has 0 aliphatic carbocycles. The smallest absolute Gasteiger partial charge is 0.325 e. The lowest BCUT2D eigenvalue weighted by atomic mass is 9.93. The normalized spacial score (nSPS) is 16.1. The number of likely N-dealkylation sites (N-methyl/N-ethyl adjacent to an activating group) is 1. The molecule has 0 bridgehead atoms. The van der Waals surface area contributed by atoms with E-state index < -0.39 is 5.54 Å². The van der Waals surface area contributed by atoms with Gasteiger partial charge in [-0.25, -0.2) is 0 Å². The third kappa shape index (κ3) is 3.55. The van der Waals surface area contributed by atoms with Crippen molar-refractivity contribution in [2.45, 2.75) is 38.8 Å². The summed E-state index contributed by atoms with van der Waals surface area (Å²) in [6.45, 7) is 6.56. The first-order valence-corrected chi connectivity index (χ1v) is 6.75. The number of methoxy groups -OCH3 is 1. The summed E-state index contributed by atoms with van der Waals surface area (Å²) in [7, 11) is 1.41. The maximum Gasteiger partial charge on any atom is 0.325 e. The lowest BCUT2D eigenvalue weighted by Crippen LogP contribution is -2.51.